The Morgan fingerprint density at radius 1 is 1.12 bits per heavy atom. The summed E-state index contributed by atoms with van der Waals surface area (Å²) in [7, 11) is 1.65. The van der Waals surface area contributed by atoms with E-state index in [4.69, 9.17) is 19.9 Å². The first kappa shape index (κ1) is 13.7. The normalized spacial score (nSPS) is 10.5. The highest BCUT2D eigenvalue weighted by Crippen LogP contribution is 2.17. The summed E-state index contributed by atoms with van der Waals surface area (Å²) in [5, 5.41) is 0. The van der Waals surface area contributed by atoms with Crippen molar-refractivity contribution in [3.63, 3.8) is 0 Å². The topological polar surface area (TPSA) is 53.7 Å². The van der Waals surface area contributed by atoms with Gasteiger partial charge in [0.1, 0.15) is 18.2 Å². The van der Waals surface area contributed by atoms with Crippen LogP contribution in [0.2, 0.25) is 0 Å². The molecule has 1 rings (SSSR count). The second-order valence-corrected chi connectivity index (χ2v) is 3.53. The van der Waals surface area contributed by atoms with Crippen molar-refractivity contribution in [1.29, 1.82) is 0 Å². The summed E-state index contributed by atoms with van der Waals surface area (Å²) in [5.74, 6) is 0.0176. The summed E-state index contributed by atoms with van der Waals surface area (Å²) < 4.78 is 28.4. The van der Waals surface area contributed by atoms with Gasteiger partial charge in [-0.2, -0.15) is 0 Å². The van der Waals surface area contributed by atoms with Crippen molar-refractivity contribution in [3.8, 4) is 5.75 Å². The van der Waals surface area contributed by atoms with Crippen molar-refractivity contribution >= 4 is 5.69 Å². The van der Waals surface area contributed by atoms with E-state index in [1.165, 1.54) is 12.1 Å². The molecule has 17 heavy (non-hydrogen) atoms. The van der Waals surface area contributed by atoms with Crippen molar-refractivity contribution in [2.45, 2.75) is 6.42 Å². The van der Waals surface area contributed by atoms with Gasteiger partial charge < -0.3 is 19.9 Å². The zero-order valence-electron chi connectivity index (χ0n) is 9.95. The van der Waals surface area contributed by atoms with Crippen molar-refractivity contribution in [3.05, 3.63) is 24.0 Å². The Morgan fingerprint density at radius 3 is 2.65 bits per heavy atom. The molecule has 0 aromatic heterocycles. The molecule has 5 heteroatoms. The molecule has 0 radical (unpaired) electrons. The number of hydrogen-bond donors (Lipinski definition) is 1. The molecule has 2 N–H and O–H groups in total. The Labute approximate surface area is 100 Å². The van der Waals surface area contributed by atoms with Crippen LogP contribution in [0.3, 0.4) is 0 Å². The molecule has 0 heterocycles. The van der Waals surface area contributed by atoms with E-state index in [-0.39, 0.29) is 0 Å². The smallest absolute Gasteiger partial charge is 0.128 e. The lowest BCUT2D eigenvalue weighted by Crippen LogP contribution is -2.08. The number of methoxy groups -OCH3 is 1. The molecule has 0 unspecified atom stereocenters. The molecule has 0 bridgehead atoms. The number of halogens is 1. The minimum atomic E-state index is -0.402. The van der Waals surface area contributed by atoms with Gasteiger partial charge in [-0.1, -0.05) is 0 Å². The quantitative estimate of drug-likeness (QED) is 0.559. The standard InChI is InChI=1S/C12H18FNO3/c1-15-3-2-4-16-5-6-17-12-8-10(13)7-11(14)9-12/h7-9H,2-6,14H2,1H3. The van der Waals surface area contributed by atoms with Gasteiger partial charge in [0.05, 0.1) is 6.61 Å². The van der Waals surface area contributed by atoms with E-state index in [0.717, 1.165) is 6.42 Å². The van der Waals surface area contributed by atoms with Crippen LogP contribution >= 0.6 is 0 Å². The highest BCUT2D eigenvalue weighted by molar-refractivity contribution is 5.44. The van der Waals surface area contributed by atoms with Crippen LogP contribution in [0.15, 0.2) is 18.2 Å². The van der Waals surface area contributed by atoms with E-state index >= 15 is 0 Å². The molecule has 0 spiro atoms. The number of nitrogen functional groups attached to an aromatic ring is 1. The molecule has 0 amide bonds. The molecular formula is C12H18FNO3. The molecule has 0 fully saturated rings. The zero-order chi connectivity index (χ0) is 12.5. The maximum atomic E-state index is 12.9. The number of ether oxygens (including phenoxy) is 3. The predicted octanol–water partition coefficient (Wildman–Crippen LogP) is 1.84. The molecule has 96 valence electrons. The molecule has 0 aliphatic carbocycles. The minimum absolute atomic E-state index is 0.348. The number of anilines is 1. The van der Waals surface area contributed by atoms with Crippen molar-refractivity contribution in [1.82, 2.24) is 0 Å². The van der Waals surface area contributed by atoms with Crippen LogP contribution in [0, 0.1) is 5.82 Å². The molecule has 0 saturated carbocycles. The van der Waals surface area contributed by atoms with Crippen LogP contribution in [0.4, 0.5) is 10.1 Å². The van der Waals surface area contributed by atoms with Crippen molar-refractivity contribution in [2.75, 3.05) is 39.3 Å². The van der Waals surface area contributed by atoms with Crippen molar-refractivity contribution < 1.29 is 18.6 Å². The maximum absolute atomic E-state index is 12.9. The summed E-state index contributed by atoms with van der Waals surface area (Å²) in [6, 6.07) is 4.11. The number of hydrogen-bond acceptors (Lipinski definition) is 4. The predicted molar refractivity (Wildman–Crippen MR) is 63.6 cm³/mol. The lowest BCUT2D eigenvalue weighted by molar-refractivity contribution is 0.0806. The SMILES string of the molecule is COCCCOCCOc1cc(N)cc(F)c1. The van der Waals surface area contributed by atoms with E-state index < -0.39 is 5.82 Å². The molecule has 0 aliphatic rings. The van der Waals surface area contributed by atoms with Crippen LogP contribution in [0.25, 0.3) is 0 Å². The Balaban J connectivity index is 2.13. The highest BCUT2D eigenvalue weighted by atomic mass is 19.1. The highest BCUT2D eigenvalue weighted by Gasteiger charge is 1.99. The third kappa shape index (κ3) is 6.09. The Bertz CT molecular complexity index is 313. The van der Waals surface area contributed by atoms with Gasteiger partial charge in [-0.3, -0.25) is 0 Å². The average molecular weight is 243 g/mol. The summed E-state index contributed by atoms with van der Waals surface area (Å²) in [6.07, 6.45) is 0.851. The third-order valence-corrected chi connectivity index (χ3v) is 2.03. The van der Waals surface area contributed by atoms with Crippen LogP contribution in [0.1, 0.15) is 6.42 Å². The molecule has 1 aromatic rings. The van der Waals surface area contributed by atoms with E-state index in [0.29, 0.717) is 37.9 Å². The number of nitrogens with two attached hydrogens (primary N) is 1. The van der Waals surface area contributed by atoms with Crippen LogP contribution in [-0.2, 0) is 9.47 Å². The monoisotopic (exact) mass is 243 g/mol. The lowest BCUT2D eigenvalue weighted by Gasteiger charge is -2.07. The van der Waals surface area contributed by atoms with Gasteiger partial charge in [0.2, 0.25) is 0 Å². The second-order valence-electron chi connectivity index (χ2n) is 3.53. The first-order valence-electron chi connectivity index (χ1n) is 5.48. The fourth-order valence-corrected chi connectivity index (χ4v) is 1.29. The fraction of sp³-hybridized carbons (Fsp3) is 0.500. The summed E-state index contributed by atoms with van der Waals surface area (Å²) >= 11 is 0. The van der Waals surface area contributed by atoms with E-state index in [2.05, 4.69) is 0 Å². The first-order chi connectivity index (χ1) is 8.22. The minimum Gasteiger partial charge on any atom is -0.491 e. The summed E-state index contributed by atoms with van der Waals surface area (Å²) in [6.45, 7) is 2.14. The summed E-state index contributed by atoms with van der Waals surface area (Å²) in [4.78, 5) is 0. The molecular weight excluding hydrogens is 225 g/mol. The lowest BCUT2D eigenvalue weighted by atomic mass is 10.3. The Hall–Kier alpha value is -1.33. The Kier molecular flexibility index (Phi) is 6.35. The third-order valence-electron chi connectivity index (χ3n) is 2.03. The van der Waals surface area contributed by atoms with Gasteiger partial charge in [0.25, 0.3) is 0 Å². The van der Waals surface area contributed by atoms with E-state index in [1.54, 1.807) is 13.2 Å². The Morgan fingerprint density at radius 2 is 1.94 bits per heavy atom. The van der Waals surface area contributed by atoms with Gasteiger partial charge in [-0.05, 0) is 12.5 Å². The van der Waals surface area contributed by atoms with Gasteiger partial charge in [0.15, 0.2) is 0 Å². The van der Waals surface area contributed by atoms with E-state index in [9.17, 15) is 4.39 Å². The summed E-state index contributed by atoms with van der Waals surface area (Å²) in [5.41, 5.74) is 5.83. The zero-order valence-corrected chi connectivity index (χ0v) is 9.95. The van der Waals surface area contributed by atoms with Gasteiger partial charge >= 0.3 is 0 Å². The maximum Gasteiger partial charge on any atom is 0.128 e. The van der Waals surface area contributed by atoms with Crippen molar-refractivity contribution in [2.24, 2.45) is 0 Å². The van der Waals surface area contributed by atoms with Gasteiger partial charge in [-0.25, -0.2) is 4.39 Å². The number of rotatable bonds is 8. The molecule has 4 nitrogen and oxygen atoms in total. The average Bonchev–Trinajstić information content (AvgIpc) is 2.26. The second kappa shape index (κ2) is 7.86. The molecule has 0 saturated heterocycles. The molecule has 1 aromatic carbocycles. The van der Waals surface area contributed by atoms with Gasteiger partial charge in [-0.15, -0.1) is 0 Å². The fourth-order valence-electron chi connectivity index (χ4n) is 1.29. The van der Waals surface area contributed by atoms with Crippen LogP contribution in [0.5, 0.6) is 5.75 Å². The van der Waals surface area contributed by atoms with Gasteiger partial charge in [0, 0.05) is 38.1 Å². The molecule has 0 aliphatic heterocycles. The van der Waals surface area contributed by atoms with Crippen LogP contribution < -0.4 is 10.5 Å². The molecule has 0 atom stereocenters. The van der Waals surface area contributed by atoms with E-state index in [1.807, 2.05) is 0 Å². The number of benzene rings is 1. The first-order valence-corrected chi connectivity index (χ1v) is 5.48. The largest absolute Gasteiger partial charge is 0.491 e. The van der Waals surface area contributed by atoms with Crippen LogP contribution in [-0.4, -0.2) is 33.5 Å².